The molecule has 0 fully saturated rings. The second kappa shape index (κ2) is 6.95. The van der Waals surface area contributed by atoms with Gasteiger partial charge in [0.25, 0.3) is 0 Å². The molecule has 126 valence electrons. The maximum absolute atomic E-state index is 12.5. The van der Waals surface area contributed by atoms with Gasteiger partial charge in [-0.15, -0.1) is 0 Å². The van der Waals surface area contributed by atoms with Gasteiger partial charge in [-0.3, -0.25) is 4.79 Å². The lowest BCUT2D eigenvalue weighted by atomic mass is 9.98. The normalized spacial score (nSPS) is 13.0. The van der Waals surface area contributed by atoms with Crippen LogP contribution in [-0.4, -0.2) is 19.1 Å². The summed E-state index contributed by atoms with van der Waals surface area (Å²) in [5.41, 5.74) is 4.08. The Morgan fingerprint density at radius 1 is 1.12 bits per heavy atom. The van der Waals surface area contributed by atoms with E-state index >= 15 is 0 Å². The van der Waals surface area contributed by atoms with Crippen LogP contribution in [0.15, 0.2) is 36.4 Å². The molecule has 0 spiro atoms. The fourth-order valence-electron chi connectivity index (χ4n) is 2.91. The molecule has 0 saturated carbocycles. The van der Waals surface area contributed by atoms with E-state index in [1.807, 2.05) is 37.3 Å². The number of hydrogen-bond donors (Lipinski definition) is 1. The summed E-state index contributed by atoms with van der Waals surface area (Å²) in [4.78, 5) is 12.5. The number of nitrogens with one attached hydrogen (secondary N) is 1. The van der Waals surface area contributed by atoms with Crippen LogP contribution in [0.25, 0.3) is 0 Å². The highest BCUT2D eigenvalue weighted by Crippen LogP contribution is 2.31. The second-order valence-electron chi connectivity index (χ2n) is 6.40. The fourth-order valence-corrected chi connectivity index (χ4v) is 2.91. The van der Waals surface area contributed by atoms with E-state index in [-0.39, 0.29) is 5.91 Å². The van der Waals surface area contributed by atoms with Gasteiger partial charge >= 0.3 is 0 Å². The van der Waals surface area contributed by atoms with Crippen LogP contribution in [-0.2, 0) is 11.2 Å². The summed E-state index contributed by atoms with van der Waals surface area (Å²) in [5.74, 6) is 1.79. The molecule has 1 N–H and O–H groups in total. The number of carbonyl (C=O) groups excluding carboxylic acids is 1. The molecule has 0 unspecified atom stereocenters. The molecular weight excluding hydrogens is 302 g/mol. The number of anilines is 1. The summed E-state index contributed by atoms with van der Waals surface area (Å²) in [5, 5.41) is 3.08. The number of ether oxygens (including phenoxy) is 2. The molecule has 0 saturated heterocycles. The Bertz CT molecular complexity index is 753. The number of hydrogen-bond acceptors (Lipinski definition) is 3. The van der Waals surface area contributed by atoms with E-state index in [4.69, 9.17) is 9.47 Å². The molecular formula is C20H23NO3. The minimum atomic E-state index is -0.0251. The predicted octanol–water partition coefficient (Wildman–Crippen LogP) is 4.07. The number of aryl methyl sites for hydroxylation is 1. The zero-order chi connectivity index (χ0) is 17.1. The van der Waals surface area contributed by atoms with E-state index in [1.165, 1.54) is 0 Å². The van der Waals surface area contributed by atoms with Gasteiger partial charge in [-0.05, 0) is 41.7 Å². The molecule has 1 aliphatic rings. The Morgan fingerprint density at radius 2 is 1.88 bits per heavy atom. The molecule has 24 heavy (non-hydrogen) atoms. The Labute approximate surface area is 142 Å². The van der Waals surface area contributed by atoms with Crippen LogP contribution < -0.4 is 14.8 Å². The van der Waals surface area contributed by atoms with Crippen molar-refractivity contribution in [3.8, 4) is 11.5 Å². The van der Waals surface area contributed by atoms with Gasteiger partial charge in [0.15, 0.2) is 11.5 Å². The molecule has 0 aromatic heterocycles. The van der Waals surface area contributed by atoms with Crippen molar-refractivity contribution in [2.24, 2.45) is 0 Å². The van der Waals surface area contributed by atoms with Crippen molar-refractivity contribution in [1.82, 2.24) is 0 Å². The first-order chi connectivity index (χ1) is 11.5. The molecule has 1 amide bonds. The SMILES string of the molecule is Cc1cccc(C(C)C)c1NC(=O)Cc1ccc2c(c1)OCCO2. The zero-order valence-corrected chi connectivity index (χ0v) is 14.4. The van der Waals surface area contributed by atoms with Gasteiger partial charge in [-0.25, -0.2) is 0 Å². The smallest absolute Gasteiger partial charge is 0.228 e. The minimum absolute atomic E-state index is 0.0251. The molecule has 4 heteroatoms. The lowest BCUT2D eigenvalue weighted by molar-refractivity contribution is -0.115. The predicted molar refractivity (Wildman–Crippen MR) is 95.0 cm³/mol. The Kier molecular flexibility index (Phi) is 4.74. The number of carbonyl (C=O) groups is 1. The highest BCUT2D eigenvalue weighted by Gasteiger charge is 2.15. The maximum atomic E-state index is 12.5. The summed E-state index contributed by atoms with van der Waals surface area (Å²) in [6.45, 7) is 7.39. The minimum Gasteiger partial charge on any atom is -0.486 e. The molecule has 4 nitrogen and oxygen atoms in total. The average Bonchev–Trinajstić information content (AvgIpc) is 2.56. The van der Waals surface area contributed by atoms with Crippen LogP contribution in [0.3, 0.4) is 0 Å². The van der Waals surface area contributed by atoms with E-state index in [2.05, 4.69) is 25.2 Å². The Hall–Kier alpha value is -2.49. The van der Waals surface area contributed by atoms with E-state index < -0.39 is 0 Å². The summed E-state index contributed by atoms with van der Waals surface area (Å²) in [6.07, 6.45) is 0.308. The standard InChI is InChI=1S/C20H23NO3/c1-13(2)16-6-4-5-14(3)20(16)21-19(22)12-15-7-8-17-18(11-15)24-10-9-23-17/h4-8,11,13H,9-10,12H2,1-3H3,(H,21,22). The number of rotatable bonds is 4. The van der Waals surface area contributed by atoms with E-state index in [1.54, 1.807) is 0 Å². The van der Waals surface area contributed by atoms with Crippen molar-refractivity contribution in [2.75, 3.05) is 18.5 Å². The van der Waals surface area contributed by atoms with E-state index in [9.17, 15) is 4.79 Å². The number of amides is 1. The van der Waals surface area contributed by atoms with Crippen LogP contribution in [0.5, 0.6) is 11.5 Å². The van der Waals surface area contributed by atoms with Crippen LogP contribution >= 0.6 is 0 Å². The van der Waals surface area contributed by atoms with Gasteiger partial charge in [-0.2, -0.15) is 0 Å². The van der Waals surface area contributed by atoms with Crippen molar-refractivity contribution in [3.05, 3.63) is 53.1 Å². The molecule has 3 rings (SSSR count). The molecule has 0 radical (unpaired) electrons. The van der Waals surface area contributed by atoms with Crippen molar-refractivity contribution >= 4 is 11.6 Å². The number of fused-ring (bicyclic) bond motifs is 1. The van der Waals surface area contributed by atoms with Gasteiger partial charge in [0, 0.05) is 5.69 Å². The maximum Gasteiger partial charge on any atom is 0.228 e. The third kappa shape index (κ3) is 3.53. The van der Waals surface area contributed by atoms with Crippen LogP contribution in [0.1, 0.15) is 36.5 Å². The molecule has 1 heterocycles. The van der Waals surface area contributed by atoms with Crippen molar-refractivity contribution in [3.63, 3.8) is 0 Å². The Balaban J connectivity index is 1.75. The highest BCUT2D eigenvalue weighted by atomic mass is 16.6. The van der Waals surface area contributed by atoms with Crippen LogP contribution in [0.4, 0.5) is 5.69 Å². The average molecular weight is 325 g/mol. The molecule has 0 bridgehead atoms. The van der Waals surface area contributed by atoms with Gasteiger partial charge in [0.05, 0.1) is 6.42 Å². The van der Waals surface area contributed by atoms with E-state index in [0.29, 0.717) is 31.3 Å². The topological polar surface area (TPSA) is 47.6 Å². The fraction of sp³-hybridized carbons (Fsp3) is 0.350. The number of benzene rings is 2. The summed E-state index contributed by atoms with van der Waals surface area (Å²) in [6, 6.07) is 11.8. The summed E-state index contributed by atoms with van der Waals surface area (Å²) < 4.78 is 11.1. The molecule has 0 atom stereocenters. The first-order valence-electron chi connectivity index (χ1n) is 8.32. The third-order valence-corrected chi connectivity index (χ3v) is 4.16. The molecule has 2 aromatic carbocycles. The largest absolute Gasteiger partial charge is 0.486 e. The summed E-state index contributed by atoms with van der Waals surface area (Å²) >= 11 is 0. The van der Waals surface area contributed by atoms with Gasteiger partial charge < -0.3 is 14.8 Å². The lowest BCUT2D eigenvalue weighted by Gasteiger charge is -2.19. The van der Waals surface area contributed by atoms with Gasteiger partial charge in [0.1, 0.15) is 13.2 Å². The molecule has 0 aliphatic carbocycles. The van der Waals surface area contributed by atoms with Gasteiger partial charge in [0.2, 0.25) is 5.91 Å². The first kappa shape index (κ1) is 16.4. The summed E-state index contributed by atoms with van der Waals surface area (Å²) in [7, 11) is 0. The molecule has 1 aliphatic heterocycles. The number of para-hydroxylation sites is 1. The van der Waals surface area contributed by atoms with Crippen molar-refractivity contribution < 1.29 is 14.3 Å². The third-order valence-electron chi connectivity index (χ3n) is 4.16. The monoisotopic (exact) mass is 325 g/mol. The molecule has 2 aromatic rings. The van der Waals surface area contributed by atoms with Crippen LogP contribution in [0.2, 0.25) is 0 Å². The van der Waals surface area contributed by atoms with Crippen molar-refractivity contribution in [1.29, 1.82) is 0 Å². The quantitative estimate of drug-likeness (QED) is 0.922. The lowest BCUT2D eigenvalue weighted by Crippen LogP contribution is -2.18. The van der Waals surface area contributed by atoms with Crippen molar-refractivity contribution in [2.45, 2.75) is 33.1 Å². The van der Waals surface area contributed by atoms with Crippen LogP contribution in [0, 0.1) is 6.92 Å². The second-order valence-corrected chi connectivity index (χ2v) is 6.40. The van der Waals surface area contributed by atoms with E-state index in [0.717, 1.165) is 28.1 Å². The first-order valence-corrected chi connectivity index (χ1v) is 8.32. The highest BCUT2D eigenvalue weighted by molar-refractivity contribution is 5.94. The zero-order valence-electron chi connectivity index (χ0n) is 14.4. The Morgan fingerprint density at radius 3 is 2.62 bits per heavy atom. The van der Waals surface area contributed by atoms with Gasteiger partial charge in [-0.1, -0.05) is 38.1 Å².